The molecular weight excluding hydrogens is 524 g/mol. The Hall–Kier alpha value is -1.63. The van der Waals surface area contributed by atoms with Crippen LogP contribution >= 0.6 is 0 Å². The molecule has 0 aliphatic carbocycles. The summed E-state index contributed by atoms with van der Waals surface area (Å²) in [4.78, 5) is 37.9. The molecule has 0 aromatic heterocycles. The van der Waals surface area contributed by atoms with Crippen LogP contribution in [0.2, 0.25) is 0 Å². The summed E-state index contributed by atoms with van der Waals surface area (Å²) in [5, 5.41) is 8.89. The van der Waals surface area contributed by atoms with Gasteiger partial charge in [0.15, 0.2) is 0 Å². The fourth-order valence-electron chi connectivity index (χ4n) is 5.29. The molecule has 7 nitrogen and oxygen atoms in total. The molecule has 0 radical (unpaired) electrons. The molecule has 0 aliphatic heterocycles. The van der Waals surface area contributed by atoms with Crippen molar-refractivity contribution in [2.45, 2.75) is 187 Å². The van der Waals surface area contributed by atoms with Gasteiger partial charge in [0.25, 0.3) is 0 Å². The zero-order valence-electron chi connectivity index (χ0n) is 27.9. The SMILES string of the molecule is CCCCCCCCCCCCNC(=O)CC[C@H](NC(=O)CCCCCN)C(=O)NCCCCCCCCCCCC. The predicted molar refractivity (Wildman–Crippen MR) is 178 cm³/mol. The molecule has 0 spiro atoms. The van der Waals surface area contributed by atoms with Crippen molar-refractivity contribution in [3.05, 3.63) is 0 Å². The van der Waals surface area contributed by atoms with E-state index in [4.69, 9.17) is 5.73 Å². The first-order chi connectivity index (χ1) is 20.5. The number of amides is 3. The molecule has 0 heterocycles. The highest BCUT2D eigenvalue weighted by atomic mass is 16.2. The van der Waals surface area contributed by atoms with E-state index >= 15 is 0 Å². The van der Waals surface area contributed by atoms with Gasteiger partial charge in [-0.2, -0.15) is 0 Å². The maximum Gasteiger partial charge on any atom is 0.242 e. The predicted octanol–water partition coefficient (Wildman–Crippen LogP) is 7.84. The van der Waals surface area contributed by atoms with Crippen LogP contribution in [0.4, 0.5) is 0 Å². The first kappa shape index (κ1) is 40.4. The van der Waals surface area contributed by atoms with Crippen molar-refractivity contribution in [1.82, 2.24) is 16.0 Å². The molecule has 0 bridgehead atoms. The average Bonchev–Trinajstić information content (AvgIpc) is 2.98. The third kappa shape index (κ3) is 28.5. The summed E-state index contributed by atoms with van der Waals surface area (Å²) in [6.45, 7) is 6.41. The fourth-order valence-corrected chi connectivity index (χ4v) is 5.29. The molecule has 0 aromatic rings. The van der Waals surface area contributed by atoms with Gasteiger partial charge in [-0.1, -0.05) is 136 Å². The van der Waals surface area contributed by atoms with E-state index in [9.17, 15) is 14.4 Å². The van der Waals surface area contributed by atoms with Crippen LogP contribution in [-0.2, 0) is 14.4 Å². The van der Waals surface area contributed by atoms with Crippen molar-refractivity contribution in [3.8, 4) is 0 Å². The van der Waals surface area contributed by atoms with Gasteiger partial charge in [0.05, 0.1) is 0 Å². The molecule has 3 amide bonds. The molecule has 0 saturated carbocycles. The van der Waals surface area contributed by atoms with Gasteiger partial charge in [0.1, 0.15) is 6.04 Å². The van der Waals surface area contributed by atoms with Gasteiger partial charge in [0, 0.05) is 25.9 Å². The Balaban J connectivity index is 4.23. The molecular formula is C35H70N4O3. The molecule has 0 aliphatic rings. The van der Waals surface area contributed by atoms with Crippen molar-refractivity contribution in [3.63, 3.8) is 0 Å². The highest BCUT2D eigenvalue weighted by Gasteiger charge is 2.21. The monoisotopic (exact) mass is 595 g/mol. The van der Waals surface area contributed by atoms with Gasteiger partial charge in [0.2, 0.25) is 17.7 Å². The van der Waals surface area contributed by atoms with Crippen LogP contribution in [-0.4, -0.2) is 43.4 Å². The van der Waals surface area contributed by atoms with Crippen molar-refractivity contribution < 1.29 is 14.4 Å². The van der Waals surface area contributed by atoms with E-state index in [0.717, 1.165) is 44.9 Å². The molecule has 42 heavy (non-hydrogen) atoms. The number of hydrogen-bond acceptors (Lipinski definition) is 4. The number of rotatable bonds is 32. The smallest absolute Gasteiger partial charge is 0.242 e. The zero-order chi connectivity index (χ0) is 30.9. The first-order valence-electron chi connectivity index (χ1n) is 18.1. The van der Waals surface area contributed by atoms with Gasteiger partial charge >= 0.3 is 0 Å². The quantitative estimate of drug-likeness (QED) is 0.0594. The van der Waals surface area contributed by atoms with Crippen LogP contribution < -0.4 is 21.7 Å². The summed E-state index contributed by atoms with van der Waals surface area (Å²) in [7, 11) is 0. The first-order valence-corrected chi connectivity index (χ1v) is 18.1. The van der Waals surface area contributed by atoms with E-state index in [0.29, 0.717) is 32.5 Å². The van der Waals surface area contributed by atoms with Crippen LogP contribution in [0.15, 0.2) is 0 Å². The number of unbranched alkanes of at least 4 members (excludes halogenated alkanes) is 20. The third-order valence-electron chi connectivity index (χ3n) is 8.10. The minimum Gasteiger partial charge on any atom is -0.356 e. The van der Waals surface area contributed by atoms with Crippen molar-refractivity contribution >= 4 is 17.7 Å². The summed E-state index contributed by atoms with van der Waals surface area (Å²) < 4.78 is 0. The average molecular weight is 595 g/mol. The van der Waals surface area contributed by atoms with E-state index in [1.807, 2.05) is 0 Å². The summed E-state index contributed by atoms with van der Waals surface area (Å²) in [5.74, 6) is -0.351. The molecule has 248 valence electrons. The van der Waals surface area contributed by atoms with Gasteiger partial charge in [-0.15, -0.1) is 0 Å². The number of nitrogens with two attached hydrogens (primary N) is 1. The minimum atomic E-state index is -0.668. The van der Waals surface area contributed by atoms with Crippen LogP contribution in [0.5, 0.6) is 0 Å². The Morgan fingerprint density at radius 3 is 1.40 bits per heavy atom. The van der Waals surface area contributed by atoms with Gasteiger partial charge < -0.3 is 21.7 Å². The maximum absolute atomic E-state index is 12.9. The summed E-state index contributed by atoms with van der Waals surface area (Å²) in [6.07, 6.45) is 28.7. The van der Waals surface area contributed by atoms with E-state index in [1.165, 1.54) is 103 Å². The second kappa shape index (κ2) is 32.3. The lowest BCUT2D eigenvalue weighted by Gasteiger charge is -2.18. The summed E-state index contributed by atoms with van der Waals surface area (Å²) in [5.41, 5.74) is 5.55. The van der Waals surface area contributed by atoms with Crippen LogP contribution in [0, 0.1) is 0 Å². The Bertz CT molecular complexity index is 629. The molecule has 0 aromatic carbocycles. The lowest BCUT2D eigenvalue weighted by molar-refractivity contribution is -0.129. The molecule has 7 heteroatoms. The highest BCUT2D eigenvalue weighted by molar-refractivity contribution is 5.88. The molecule has 1 atom stereocenters. The number of nitrogens with one attached hydrogen (secondary N) is 3. The highest BCUT2D eigenvalue weighted by Crippen LogP contribution is 2.11. The van der Waals surface area contributed by atoms with Crippen LogP contribution in [0.1, 0.15) is 181 Å². The summed E-state index contributed by atoms with van der Waals surface area (Å²) in [6, 6.07) is -0.668. The lowest BCUT2D eigenvalue weighted by atomic mass is 10.1. The standard InChI is InChI=1S/C35H70N4O3/c1-3-5-7-9-11-13-15-17-19-24-30-37-33(40)28-27-32(39-34(41)26-22-21-23-29-36)35(42)38-31-25-20-18-16-14-12-10-8-6-4-2/h32H,3-31,36H2,1-2H3,(H,37,40)(H,38,42)(H,39,41)/t32-/m0/s1. The van der Waals surface area contributed by atoms with Crippen molar-refractivity contribution in [2.75, 3.05) is 19.6 Å². The van der Waals surface area contributed by atoms with E-state index < -0.39 is 6.04 Å². The van der Waals surface area contributed by atoms with E-state index in [2.05, 4.69) is 29.8 Å². The maximum atomic E-state index is 12.9. The second-order valence-electron chi connectivity index (χ2n) is 12.3. The number of hydrogen-bond donors (Lipinski definition) is 4. The van der Waals surface area contributed by atoms with Crippen molar-refractivity contribution in [2.24, 2.45) is 5.73 Å². The largest absolute Gasteiger partial charge is 0.356 e. The van der Waals surface area contributed by atoms with Gasteiger partial charge in [-0.25, -0.2) is 0 Å². The number of carbonyl (C=O) groups excluding carboxylic acids is 3. The topological polar surface area (TPSA) is 113 Å². The molecule has 5 N–H and O–H groups in total. The Kier molecular flexibility index (Phi) is 31.0. The van der Waals surface area contributed by atoms with Crippen LogP contribution in [0.3, 0.4) is 0 Å². The normalized spacial score (nSPS) is 11.8. The van der Waals surface area contributed by atoms with Crippen LogP contribution in [0.25, 0.3) is 0 Å². The fraction of sp³-hybridized carbons (Fsp3) is 0.914. The zero-order valence-corrected chi connectivity index (χ0v) is 27.9. The molecule has 0 saturated heterocycles. The van der Waals surface area contributed by atoms with E-state index in [-0.39, 0.29) is 24.1 Å². The summed E-state index contributed by atoms with van der Waals surface area (Å²) >= 11 is 0. The van der Waals surface area contributed by atoms with Gasteiger partial charge in [-0.05, 0) is 38.6 Å². The molecule has 0 fully saturated rings. The van der Waals surface area contributed by atoms with E-state index in [1.54, 1.807) is 0 Å². The minimum absolute atomic E-state index is 0.0457. The Morgan fingerprint density at radius 1 is 0.500 bits per heavy atom. The Labute approximate surface area is 260 Å². The molecule has 0 rings (SSSR count). The molecule has 0 unspecified atom stereocenters. The lowest BCUT2D eigenvalue weighted by Crippen LogP contribution is -2.47. The van der Waals surface area contributed by atoms with Gasteiger partial charge in [-0.3, -0.25) is 14.4 Å². The van der Waals surface area contributed by atoms with Crippen molar-refractivity contribution in [1.29, 1.82) is 0 Å². The Morgan fingerprint density at radius 2 is 0.929 bits per heavy atom. The third-order valence-corrected chi connectivity index (χ3v) is 8.10. The number of carbonyl (C=O) groups is 3. The second-order valence-corrected chi connectivity index (χ2v) is 12.3.